The number of rotatable bonds is 5. The number of halogens is 2. The van der Waals surface area contributed by atoms with E-state index < -0.39 is 11.6 Å². The first-order chi connectivity index (χ1) is 10.1. The van der Waals surface area contributed by atoms with Gasteiger partial charge in [0.15, 0.2) is 11.6 Å². The Morgan fingerprint density at radius 2 is 1.81 bits per heavy atom. The highest BCUT2D eigenvalue weighted by Gasteiger charge is 2.28. The molecule has 0 amide bonds. The minimum atomic E-state index is -0.902. The molecule has 0 spiro atoms. The molecule has 0 atom stereocenters. The number of ether oxygens (including phenoxy) is 1. The van der Waals surface area contributed by atoms with E-state index in [4.69, 9.17) is 4.74 Å². The molecular formula is C17H22F2O2. The van der Waals surface area contributed by atoms with Gasteiger partial charge in [-0.1, -0.05) is 13.0 Å². The molecule has 1 saturated carbocycles. The molecule has 21 heavy (non-hydrogen) atoms. The third kappa shape index (κ3) is 3.42. The average Bonchev–Trinajstić information content (AvgIpc) is 2.52. The predicted octanol–water partition coefficient (Wildman–Crippen LogP) is 4.62. The fourth-order valence-electron chi connectivity index (χ4n) is 3.14. The van der Waals surface area contributed by atoms with E-state index in [9.17, 15) is 13.6 Å². The summed E-state index contributed by atoms with van der Waals surface area (Å²) in [6, 6.07) is 3.12. The number of carbonyl (C=O) groups excluding carboxylic acids is 1. The lowest BCUT2D eigenvalue weighted by molar-refractivity contribution is -0.123. The lowest BCUT2D eigenvalue weighted by Gasteiger charge is -2.28. The van der Waals surface area contributed by atoms with Gasteiger partial charge in [0.2, 0.25) is 5.82 Å². The Morgan fingerprint density at radius 1 is 1.14 bits per heavy atom. The second-order valence-electron chi connectivity index (χ2n) is 5.58. The number of benzene rings is 1. The van der Waals surface area contributed by atoms with Crippen LogP contribution in [-0.2, 0) is 4.79 Å². The van der Waals surface area contributed by atoms with Crippen LogP contribution in [-0.4, -0.2) is 12.4 Å². The van der Waals surface area contributed by atoms with Gasteiger partial charge in [-0.3, -0.25) is 4.79 Å². The van der Waals surface area contributed by atoms with Crippen molar-refractivity contribution in [2.24, 2.45) is 5.92 Å². The third-order valence-electron chi connectivity index (χ3n) is 4.35. The molecule has 1 aliphatic rings. The van der Waals surface area contributed by atoms with E-state index >= 15 is 0 Å². The lowest BCUT2D eigenvalue weighted by Crippen LogP contribution is -2.21. The predicted molar refractivity (Wildman–Crippen MR) is 77.5 cm³/mol. The van der Waals surface area contributed by atoms with Crippen molar-refractivity contribution in [2.45, 2.75) is 51.9 Å². The molecule has 0 saturated heterocycles. The van der Waals surface area contributed by atoms with E-state index in [1.54, 1.807) is 13.0 Å². The van der Waals surface area contributed by atoms with Crippen molar-refractivity contribution in [2.75, 3.05) is 6.61 Å². The van der Waals surface area contributed by atoms with Crippen LogP contribution in [0.1, 0.15) is 57.4 Å². The molecule has 2 rings (SSSR count). The Bertz CT molecular complexity index is 506. The van der Waals surface area contributed by atoms with Crippen LogP contribution in [0, 0.1) is 17.6 Å². The van der Waals surface area contributed by atoms with Gasteiger partial charge < -0.3 is 4.74 Å². The van der Waals surface area contributed by atoms with Crippen molar-refractivity contribution >= 4 is 5.78 Å². The highest BCUT2D eigenvalue weighted by atomic mass is 19.2. The van der Waals surface area contributed by atoms with Crippen molar-refractivity contribution in [3.8, 4) is 5.75 Å². The number of Topliss-reactive ketones (excluding diaryl/α,β-unsaturated/α-hetero) is 1. The van der Waals surface area contributed by atoms with Gasteiger partial charge >= 0.3 is 0 Å². The standard InChI is InChI=1S/C17H22F2O2/c1-3-14(20)12-7-5-11(6-8-12)13-9-10-15(21-4-2)17(19)16(13)18/h9-12H,3-8H2,1-2H3. The molecule has 0 heterocycles. The number of hydrogen-bond acceptors (Lipinski definition) is 2. The molecule has 2 nitrogen and oxygen atoms in total. The molecule has 1 aliphatic carbocycles. The zero-order chi connectivity index (χ0) is 15.4. The average molecular weight is 296 g/mol. The van der Waals surface area contributed by atoms with Crippen LogP contribution < -0.4 is 4.74 Å². The summed E-state index contributed by atoms with van der Waals surface area (Å²) in [4.78, 5) is 11.7. The smallest absolute Gasteiger partial charge is 0.200 e. The Kier molecular flexibility index (Phi) is 5.32. The Labute approximate surface area is 124 Å². The van der Waals surface area contributed by atoms with Crippen LogP contribution in [0.4, 0.5) is 8.78 Å². The van der Waals surface area contributed by atoms with Gasteiger partial charge in [-0.2, -0.15) is 4.39 Å². The monoisotopic (exact) mass is 296 g/mol. The fraction of sp³-hybridized carbons (Fsp3) is 0.588. The summed E-state index contributed by atoms with van der Waals surface area (Å²) < 4.78 is 33.1. The van der Waals surface area contributed by atoms with E-state index in [1.165, 1.54) is 6.07 Å². The molecule has 0 radical (unpaired) electrons. The maximum absolute atomic E-state index is 14.2. The Hall–Kier alpha value is -1.45. The first-order valence-corrected chi connectivity index (χ1v) is 7.71. The normalized spacial score (nSPS) is 22.1. The number of carbonyl (C=O) groups is 1. The van der Waals surface area contributed by atoms with E-state index in [0.29, 0.717) is 18.6 Å². The lowest BCUT2D eigenvalue weighted by atomic mass is 9.76. The van der Waals surface area contributed by atoms with Gasteiger partial charge in [-0.15, -0.1) is 0 Å². The first kappa shape index (κ1) is 15.9. The fourth-order valence-corrected chi connectivity index (χ4v) is 3.14. The SMILES string of the molecule is CCOc1ccc(C2CCC(C(=O)CC)CC2)c(F)c1F. The largest absolute Gasteiger partial charge is 0.491 e. The highest BCUT2D eigenvalue weighted by molar-refractivity contribution is 5.80. The Balaban J connectivity index is 2.10. The first-order valence-electron chi connectivity index (χ1n) is 7.71. The summed E-state index contributed by atoms with van der Waals surface area (Å²) in [5.41, 5.74) is 0.415. The minimum absolute atomic E-state index is 0.00363. The van der Waals surface area contributed by atoms with Gasteiger partial charge in [0.1, 0.15) is 5.78 Å². The minimum Gasteiger partial charge on any atom is -0.491 e. The maximum atomic E-state index is 14.2. The molecular weight excluding hydrogens is 274 g/mol. The molecule has 0 N–H and O–H groups in total. The van der Waals surface area contributed by atoms with Crippen LogP contribution in [0.3, 0.4) is 0 Å². The summed E-state index contributed by atoms with van der Waals surface area (Å²) >= 11 is 0. The van der Waals surface area contributed by atoms with Gasteiger partial charge in [0.25, 0.3) is 0 Å². The van der Waals surface area contributed by atoms with E-state index in [0.717, 1.165) is 25.7 Å². The zero-order valence-corrected chi connectivity index (χ0v) is 12.6. The summed E-state index contributed by atoms with van der Waals surface area (Å²) in [6.45, 7) is 3.91. The molecule has 1 aromatic rings. The van der Waals surface area contributed by atoms with E-state index in [2.05, 4.69) is 0 Å². The zero-order valence-electron chi connectivity index (χ0n) is 12.6. The summed E-state index contributed by atoms with van der Waals surface area (Å²) in [6.07, 6.45) is 3.57. The Morgan fingerprint density at radius 3 is 2.38 bits per heavy atom. The molecule has 116 valence electrons. The molecule has 1 fully saturated rings. The highest BCUT2D eigenvalue weighted by Crippen LogP contribution is 2.39. The second kappa shape index (κ2) is 7.01. The van der Waals surface area contributed by atoms with Crippen molar-refractivity contribution in [1.29, 1.82) is 0 Å². The van der Waals surface area contributed by atoms with E-state index in [1.807, 2.05) is 6.92 Å². The van der Waals surface area contributed by atoms with Crippen LogP contribution in [0.5, 0.6) is 5.75 Å². The van der Waals surface area contributed by atoms with Crippen LogP contribution in [0.15, 0.2) is 12.1 Å². The van der Waals surface area contributed by atoms with Crippen molar-refractivity contribution in [3.63, 3.8) is 0 Å². The van der Waals surface area contributed by atoms with Crippen molar-refractivity contribution in [1.82, 2.24) is 0 Å². The van der Waals surface area contributed by atoms with Gasteiger partial charge in [-0.25, -0.2) is 4.39 Å². The molecule has 1 aromatic carbocycles. The molecule has 0 bridgehead atoms. The van der Waals surface area contributed by atoms with Gasteiger partial charge in [0, 0.05) is 12.3 Å². The van der Waals surface area contributed by atoms with Gasteiger partial charge in [0.05, 0.1) is 6.61 Å². The second-order valence-corrected chi connectivity index (χ2v) is 5.58. The molecule has 0 unspecified atom stereocenters. The summed E-state index contributed by atoms with van der Waals surface area (Å²) in [5.74, 6) is -1.36. The third-order valence-corrected chi connectivity index (χ3v) is 4.35. The molecule has 4 heteroatoms. The quantitative estimate of drug-likeness (QED) is 0.792. The summed E-state index contributed by atoms with van der Waals surface area (Å²) in [7, 11) is 0. The summed E-state index contributed by atoms with van der Waals surface area (Å²) in [5, 5.41) is 0. The topological polar surface area (TPSA) is 26.3 Å². The maximum Gasteiger partial charge on any atom is 0.200 e. The van der Waals surface area contributed by atoms with Crippen LogP contribution in [0.2, 0.25) is 0 Å². The van der Waals surface area contributed by atoms with Gasteiger partial charge in [-0.05, 0) is 50.2 Å². The van der Waals surface area contributed by atoms with Crippen molar-refractivity contribution < 1.29 is 18.3 Å². The van der Waals surface area contributed by atoms with E-state index in [-0.39, 0.29) is 23.4 Å². The molecule has 0 aromatic heterocycles. The van der Waals surface area contributed by atoms with Crippen LogP contribution in [0.25, 0.3) is 0 Å². The molecule has 0 aliphatic heterocycles. The van der Waals surface area contributed by atoms with Crippen molar-refractivity contribution in [3.05, 3.63) is 29.3 Å². The van der Waals surface area contributed by atoms with Crippen LogP contribution >= 0.6 is 0 Å². The number of ketones is 1. The number of hydrogen-bond donors (Lipinski definition) is 0.